The number of benzene rings is 2. The lowest BCUT2D eigenvalue weighted by molar-refractivity contribution is -0.137. The van der Waals surface area contributed by atoms with E-state index in [4.69, 9.17) is 11.6 Å². The molecule has 0 fully saturated rings. The Morgan fingerprint density at radius 1 is 1.15 bits per heavy atom. The van der Waals surface area contributed by atoms with Gasteiger partial charge in [-0.05, 0) is 54.0 Å². The highest BCUT2D eigenvalue weighted by molar-refractivity contribution is 7.87. The summed E-state index contributed by atoms with van der Waals surface area (Å²) in [6.07, 6.45) is -4.54. The predicted molar refractivity (Wildman–Crippen MR) is 95.4 cm³/mol. The van der Waals surface area contributed by atoms with Gasteiger partial charge in [0.05, 0.1) is 16.4 Å². The van der Waals surface area contributed by atoms with E-state index in [1.807, 2.05) is 0 Å². The second-order valence-corrected chi connectivity index (χ2v) is 8.03. The number of amides is 1. The van der Waals surface area contributed by atoms with E-state index < -0.39 is 28.4 Å². The van der Waals surface area contributed by atoms with Crippen LogP contribution in [0.15, 0.2) is 57.6 Å². The van der Waals surface area contributed by atoms with Crippen molar-refractivity contribution in [3.8, 4) is 0 Å². The van der Waals surface area contributed by atoms with E-state index in [9.17, 15) is 22.2 Å². The first-order valence-corrected chi connectivity index (χ1v) is 9.54. The number of rotatable bonds is 4. The first-order valence-electron chi connectivity index (χ1n) is 7.24. The van der Waals surface area contributed by atoms with Crippen LogP contribution < -0.4 is 5.32 Å². The summed E-state index contributed by atoms with van der Waals surface area (Å²) in [6.45, 7) is 0. The monoisotopic (exact) mass is 431 g/mol. The number of nitrogens with zero attached hydrogens (tertiary/aromatic N) is 2. The highest BCUT2D eigenvalue weighted by Gasteiger charge is 2.30. The molecule has 2 aromatic carbocycles. The zero-order valence-corrected chi connectivity index (χ0v) is 15.5. The Morgan fingerprint density at radius 3 is 2.52 bits per heavy atom. The summed E-state index contributed by atoms with van der Waals surface area (Å²) >= 11 is 6.56. The highest BCUT2D eigenvalue weighted by atomic mass is 35.5. The lowest BCUT2D eigenvalue weighted by atomic mass is 10.2. The molecule has 0 unspecified atom stereocenters. The maximum absolute atomic E-state index is 12.8. The number of nitrogens with one attached hydrogen (secondary N) is 1. The van der Waals surface area contributed by atoms with Crippen LogP contribution in [0.2, 0.25) is 5.02 Å². The minimum atomic E-state index is -4.54. The molecule has 3 aromatic rings. The molecule has 0 radical (unpaired) electrons. The molecule has 1 N–H and O–H groups in total. The average Bonchev–Trinajstić information content (AvgIpc) is 3.11. The Balaban J connectivity index is 1.84. The van der Waals surface area contributed by atoms with Crippen molar-refractivity contribution in [1.29, 1.82) is 0 Å². The molecule has 1 amide bonds. The van der Waals surface area contributed by atoms with Crippen LogP contribution in [0.4, 0.5) is 18.9 Å². The zero-order valence-electron chi connectivity index (χ0n) is 13.2. The molecule has 1 atom stereocenters. The van der Waals surface area contributed by atoms with Gasteiger partial charge in [0, 0.05) is 15.6 Å². The second kappa shape index (κ2) is 7.75. The number of carbonyl (C=O) groups is 1. The molecule has 0 saturated heterocycles. The van der Waals surface area contributed by atoms with Gasteiger partial charge in [-0.2, -0.15) is 13.2 Å². The third-order valence-electron chi connectivity index (χ3n) is 3.32. The summed E-state index contributed by atoms with van der Waals surface area (Å²) < 4.78 is 54.7. The molecule has 0 aliphatic heterocycles. The van der Waals surface area contributed by atoms with E-state index in [0.29, 0.717) is 9.92 Å². The van der Waals surface area contributed by atoms with Gasteiger partial charge in [-0.15, -0.1) is 5.10 Å². The zero-order chi connectivity index (χ0) is 19.6. The Hall–Kier alpha value is -2.30. The number of alkyl halides is 3. The van der Waals surface area contributed by atoms with Gasteiger partial charge in [-0.25, -0.2) is 4.21 Å². The first-order chi connectivity index (χ1) is 12.8. The molecular formula is C16H9ClF3N3O2S2. The normalized spacial score (nSPS) is 12.6. The summed E-state index contributed by atoms with van der Waals surface area (Å²) in [5.74, 6) is -0.805. The second-order valence-electron chi connectivity index (χ2n) is 5.16. The molecule has 0 aliphatic rings. The van der Waals surface area contributed by atoms with Crippen LogP contribution in [0.1, 0.15) is 16.1 Å². The average molecular weight is 432 g/mol. The van der Waals surface area contributed by atoms with Gasteiger partial charge in [0.15, 0.2) is 9.90 Å². The molecule has 0 aliphatic carbocycles. The van der Waals surface area contributed by atoms with Gasteiger partial charge in [-0.3, -0.25) is 4.79 Å². The van der Waals surface area contributed by atoms with E-state index in [2.05, 4.69) is 14.9 Å². The van der Waals surface area contributed by atoms with Crippen molar-refractivity contribution in [3.63, 3.8) is 0 Å². The number of hydrogen-bond acceptors (Lipinski definition) is 5. The van der Waals surface area contributed by atoms with Crippen LogP contribution in [-0.2, 0) is 17.0 Å². The Bertz CT molecular complexity index is 1010. The maximum atomic E-state index is 12.8. The van der Waals surface area contributed by atoms with Crippen molar-refractivity contribution >= 4 is 45.5 Å². The van der Waals surface area contributed by atoms with Crippen molar-refractivity contribution in [1.82, 2.24) is 9.59 Å². The fraction of sp³-hybridized carbons (Fsp3) is 0.0625. The van der Waals surface area contributed by atoms with E-state index in [0.717, 1.165) is 23.7 Å². The number of carbonyl (C=O) groups excluding carboxylic acids is 1. The number of hydrogen-bond donors (Lipinski definition) is 1. The summed E-state index contributed by atoms with van der Waals surface area (Å²) in [6, 6.07) is 10.3. The standard InChI is InChI=1S/C16H9ClF3N3O2S2/c17-10-4-6-12(7-5-10)27(25)15-13(22-23-26-15)14(24)21-11-3-1-2-9(8-11)16(18,19)20/h1-8H,(H,21,24)/t27-/m0/s1. The van der Waals surface area contributed by atoms with Crippen LogP contribution in [-0.4, -0.2) is 19.7 Å². The smallest absolute Gasteiger partial charge is 0.321 e. The van der Waals surface area contributed by atoms with Crippen molar-refractivity contribution in [2.75, 3.05) is 5.32 Å². The summed E-state index contributed by atoms with van der Waals surface area (Å²) in [5.41, 5.74) is -1.18. The number of aromatic nitrogens is 2. The topological polar surface area (TPSA) is 72.0 Å². The van der Waals surface area contributed by atoms with Crippen LogP contribution >= 0.6 is 23.1 Å². The Labute approximate surface area is 162 Å². The lowest BCUT2D eigenvalue weighted by Gasteiger charge is -2.09. The van der Waals surface area contributed by atoms with E-state index in [1.165, 1.54) is 24.3 Å². The Morgan fingerprint density at radius 2 is 1.85 bits per heavy atom. The van der Waals surface area contributed by atoms with E-state index >= 15 is 0 Å². The predicted octanol–water partition coefficient (Wildman–Crippen LogP) is 4.63. The molecule has 0 saturated carbocycles. The first kappa shape index (κ1) is 19.5. The fourth-order valence-corrected chi connectivity index (χ4v) is 4.18. The number of halogens is 4. The van der Waals surface area contributed by atoms with Gasteiger partial charge in [0.25, 0.3) is 5.91 Å². The largest absolute Gasteiger partial charge is 0.416 e. The SMILES string of the molecule is O=C(Nc1cccc(C(F)(F)F)c1)c1nnsc1[S@@](=O)c1ccc(Cl)cc1. The lowest BCUT2D eigenvalue weighted by Crippen LogP contribution is -2.15. The molecule has 1 aromatic heterocycles. The molecule has 0 spiro atoms. The molecule has 0 bridgehead atoms. The van der Waals surface area contributed by atoms with Gasteiger partial charge < -0.3 is 5.32 Å². The molecule has 140 valence electrons. The third kappa shape index (κ3) is 4.52. The highest BCUT2D eigenvalue weighted by Crippen LogP contribution is 2.31. The van der Waals surface area contributed by atoms with Crippen molar-refractivity contribution < 1.29 is 22.2 Å². The van der Waals surface area contributed by atoms with Crippen LogP contribution in [0, 0.1) is 0 Å². The molecule has 27 heavy (non-hydrogen) atoms. The van der Waals surface area contributed by atoms with E-state index in [1.54, 1.807) is 12.1 Å². The molecule has 11 heteroatoms. The minimum absolute atomic E-state index is 0.0638. The van der Waals surface area contributed by atoms with Gasteiger partial charge >= 0.3 is 6.18 Å². The van der Waals surface area contributed by atoms with Crippen molar-refractivity contribution in [2.24, 2.45) is 0 Å². The fourth-order valence-electron chi connectivity index (χ4n) is 2.07. The van der Waals surface area contributed by atoms with Gasteiger partial charge in [0.2, 0.25) is 0 Å². The summed E-state index contributed by atoms with van der Waals surface area (Å²) in [7, 11) is -1.74. The summed E-state index contributed by atoms with van der Waals surface area (Å²) in [4.78, 5) is 12.8. The van der Waals surface area contributed by atoms with E-state index in [-0.39, 0.29) is 15.6 Å². The molecular weight excluding hydrogens is 423 g/mol. The van der Waals surface area contributed by atoms with Crippen molar-refractivity contribution in [3.05, 3.63) is 64.8 Å². The van der Waals surface area contributed by atoms with Gasteiger partial charge in [0.1, 0.15) is 0 Å². The molecule has 3 rings (SSSR count). The molecule has 5 nitrogen and oxygen atoms in total. The number of anilines is 1. The summed E-state index contributed by atoms with van der Waals surface area (Å²) in [5, 5.41) is 6.44. The third-order valence-corrected chi connectivity index (χ3v) is 6.00. The maximum Gasteiger partial charge on any atom is 0.416 e. The quantitative estimate of drug-likeness (QED) is 0.653. The van der Waals surface area contributed by atoms with Crippen molar-refractivity contribution in [2.45, 2.75) is 15.3 Å². The van der Waals surface area contributed by atoms with Gasteiger partial charge in [-0.1, -0.05) is 22.2 Å². The minimum Gasteiger partial charge on any atom is -0.321 e. The van der Waals surface area contributed by atoms with Crippen LogP contribution in [0.3, 0.4) is 0 Å². The molecule has 1 heterocycles. The Kier molecular flexibility index (Phi) is 5.59. The van der Waals surface area contributed by atoms with Crippen LogP contribution in [0.5, 0.6) is 0 Å². The van der Waals surface area contributed by atoms with Crippen LogP contribution in [0.25, 0.3) is 0 Å².